The molecule has 0 saturated carbocycles. The Hall–Kier alpha value is -2.40. The number of nitrogens with zero attached hydrogens (tertiary/aromatic N) is 2. The number of hydrogen-bond donors (Lipinski definition) is 1. The molecule has 5 nitrogen and oxygen atoms in total. The Bertz CT molecular complexity index is 675. The van der Waals surface area contributed by atoms with Gasteiger partial charge in [-0.2, -0.15) is 0 Å². The van der Waals surface area contributed by atoms with E-state index in [1.54, 1.807) is 17.0 Å². The van der Waals surface area contributed by atoms with E-state index in [4.69, 9.17) is 4.74 Å². The van der Waals surface area contributed by atoms with Gasteiger partial charge in [0.25, 0.3) is 5.91 Å². The average molecular weight is 312 g/mol. The quantitative estimate of drug-likeness (QED) is 0.939. The largest absolute Gasteiger partial charge is 0.472 e. The van der Waals surface area contributed by atoms with E-state index in [-0.39, 0.29) is 12.0 Å². The lowest BCUT2D eigenvalue weighted by Gasteiger charge is -2.20. The van der Waals surface area contributed by atoms with Crippen LogP contribution in [0.2, 0.25) is 0 Å². The van der Waals surface area contributed by atoms with Gasteiger partial charge in [0.1, 0.15) is 6.10 Å². The smallest absolute Gasteiger partial charge is 0.256 e. The maximum atomic E-state index is 12.4. The van der Waals surface area contributed by atoms with E-state index in [1.165, 1.54) is 0 Å². The molecule has 23 heavy (non-hydrogen) atoms. The molecule has 1 amide bonds. The van der Waals surface area contributed by atoms with E-state index in [0.717, 1.165) is 12.1 Å². The van der Waals surface area contributed by atoms with Crippen LogP contribution in [-0.2, 0) is 4.79 Å². The summed E-state index contributed by atoms with van der Waals surface area (Å²) >= 11 is 0. The van der Waals surface area contributed by atoms with Crippen molar-refractivity contribution in [1.82, 2.24) is 9.88 Å². The average Bonchev–Trinajstić information content (AvgIpc) is 3.03. The number of pyridine rings is 1. The summed E-state index contributed by atoms with van der Waals surface area (Å²) < 4.78 is 5.84. The van der Waals surface area contributed by atoms with Gasteiger partial charge in [-0.15, -0.1) is 0 Å². The summed E-state index contributed by atoms with van der Waals surface area (Å²) in [5.41, 5.74) is 1.51. The van der Waals surface area contributed by atoms with Crippen molar-refractivity contribution in [2.45, 2.75) is 25.6 Å². The fourth-order valence-corrected chi connectivity index (χ4v) is 2.73. The molecule has 0 bridgehead atoms. The minimum atomic E-state index is -1.12. The Morgan fingerprint density at radius 2 is 2.04 bits per heavy atom. The van der Waals surface area contributed by atoms with Gasteiger partial charge in [0, 0.05) is 24.7 Å². The molecule has 1 aliphatic rings. The van der Waals surface area contributed by atoms with Gasteiger partial charge >= 0.3 is 0 Å². The lowest BCUT2D eigenvalue weighted by molar-refractivity contribution is -0.139. The first-order valence-corrected chi connectivity index (χ1v) is 7.75. The monoisotopic (exact) mass is 312 g/mol. The van der Waals surface area contributed by atoms with Gasteiger partial charge in [-0.1, -0.05) is 36.4 Å². The van der Waals surface area contributed by atoms with Gasteiger partial charge in [0.15, 0.2) is 6.10 Å². The molecule has 120 valence electrons. The number of ether oxygens (including phenoxy) is 1. The summed E-state index contributed by atoms with van der Waals surface area (Å²) in [6.07, 6.45) is -0.466. The van der Waals surface area contributed by atoms with Crippen LogP contribution in [0.1, 0.15) is 23.8 Å². The molecule has 1 N–H and O–H groups in total. The Kier molecular flexibility index (Phi) is 4.57. The summed E-state index contributed by atoms with van der Waals surface area (Å²) in [6.45, 7) is 2.96. The minimum absolute atomic E-state index is 0.0868. The topological polar surface area (TPSA) is 62.7 Å². The van der Waals surface area contributed by atoms with Crippen molar-refractivity contribution in [3.63, 3.8) is 0 Å². The van der Waals surface area contributed by atoms with Crippen molar-refractivity contribution in [2.75, 3.05) is 13.1 Å². The SMILES string of the molecule is Cc1cccc(OC2CCN(C(=O)C(O)c3ccccc3)C2)n1. The first kappa shape index (κ1) is 15.5. The van der Waals surface area contributed by atoms with Crippen LogP contribution in [0.3, 0.4) is 0 Å². The molecule has 1 aliphatic heterocycles. The zero-order chi connectivity index (χ0) is 16.2. The summed E-state index contributed by atoms with van der Waals surface area (Å²) in [6, 6.07) is 14.6. The van der Waals surface area contributed by atoms with Crippen LogP contribution >= 0.6 is 0 Å². The van der Waals surface area contributed by atoms with Crippen LogP contribution in [-0.4, -0.2) is 40.1 Å². The summed E-state index contributed by atoms with van der Waals surface area (Å²) in [4.78, 5) is 18.4. The van der Waals surface area contributed by atoms with Crippen LogP contribution in [0, 0.1) is 6.92 Å². The van der Waals surface area contributed by atoms with Crippen molar-refractivity contribution >= 4 is 5.91 Å². The molecule has 0 spiro atoms. The number of carbonyl (C=O) groups is 1. The van der Waals surface area contributed by atoms with Crippen molar-refractivity contribution in [3.8, 4) is 5.88 Å². The standard InChI is InChI=1S/C18H20N2O3/c1-13-6-5-9-16(19-13)23-15-10-11-20(12-15)18(22)17(21)14-7-3-2-4-8-14/h2-9,15,17,21H,10-12H2,1H3. The number of hydrogen-bond acceptors (Lipinski definition) is 4. The Morgan fingerprint density at radius 1 is 1.26 bits per heavy atom. The number of aliphatic hydroxyl groups excluding tert-OH is 1. The second kappa shape index (κ2) is 6.79. The highest BCUT2D eigenvalue weighted by atomic mass is 16.5. The van der Waals surface area contributed by atoms with Crippen molar-refractivity contribution < 1.29 is 14.6 Å². The maximum Gasteiger partial charge on any atom is 0.256 e. The zero-order valence-corrected chi connectivity index (χ0v) is 13.1. The summed E-state index contributed by atoms with van der Waals surface area (Å²) in [7, 11) is 0. The van der Waals surface area contributed by atoms with Crippen LogP contribution < -0.4 is 4.74 Å². The third-order valence-corrected chi connectivity index (χ3v) is 3.96. The normalized spacial score (nSPS) is 18.7. The molecule has 3 rings (SSSR count). The minimum Gasteiger partial charge on any atom is -0.472 e. The predicted octanol–water partition coefficient (Wildman–Crippen LogP) is 2.10. The summed E-state index contributed by atoms with van der Waals surface area (Å²) in [5, 5.41) is 10.2. The molecule has 0 aliphatic carbocycles. The number of likely N-dealkylation sites (tertiary alicyclic amines) is 1. The molecule has 0 radical (unpaired) electrons. The van der Waals surface area contributed by atoms with Crippen LogP contribution in [0.25, 0.3) is 0 Å². The van der Waals surface area contributed by atoms with Crippen molar-refractivity contribution in [2.24, 2.45) is 0 Å². The number of aliphatic hydroxyl groups is 1. The van der Waals surface area contributed by atoms with E-state index in [1.807, 2.05) is 43.3 Å². The van der Waals surface area contributed by atoms with E-state index < -0.39 is 6.10 Å². The molecule has 2 atom stereocenters. The molecule has 1 fully saturated rings. The number of aryl methyl sites for hydroxylation is 1. The first-order chi connectivity index (χ1) is 11.1. The molecule has 2 heterocycles. The molecule has 2 aromatic rings. The van der Waals surface area contributed by atoms with Gasteiger partial charge in [0.05, 0.1) is 6.54 Å². The molecular weight excluding hydrogens is 292 g/mol. The Balaban J connectivity index is 1.60. The van der Waals surface area contributed by atoms with Gasteiger partial charge in [-0.05, 0) is 18.6 Å². The number of rotatable bonds is 4. The van der Waals surface area contributed by atoms with Gasteiger partial charge in [-0.25, -0.2) is 4.98 Å². The fourth-order valence-electron chi connectivity index (χ4n) is 2.73. The molecule has 1 aromatic heterocycles. The van der Waals surface area contributed by atoms with Crippen molar-refractivity contribution in [3.05, 3.63) is 59.8 Å². The van der Waals surface area contributed by atoms with E-state index in [0.29, 0.717) is 24.5 Å². The number of amides is 1. The number of benzene rings is 1. The third-order valence-electron chi connectivity index (χ3n) is 3.96. The number of aromatic nitrogens is 1. The van der Waals surface area contributed by atoms with Crippen LogP contribution in [0.4, 0.5) is 0 Å². The highest BCUT2D eigenvalue weighted by Gasteiger charge is 2.31. The second-order valence-electron chi connectivity index (χ2n) is 5.74. The molecule has 2 unspecified atom stereocenters. The second-order valence-corrected chi connectivity index (χ2v) is 5.74. The van der Waals surface area contributed by atoms with Gasteiger partial charge in [-0.3, -0.25) is 4.79 Å². The highest BCUT2D eigenvalue weighted by Crippen LogP contribution is 2.21. The Labute approximate surface area is 135 Å². The maximum absolute atomic E-state index is 12.4. The third kappa shape index (κ3) is 3.68. The molecular formula is C18H20N2O3. The highest BCUT2D eigenvalue weighted by molar-refractivity contribution is 5.82. The molecule has 1 aromatic carbocycles. The number of carbonyl (C=O) groups excluding carboxylic acids is 1. The lowest BCUT2D eigenvalue weighted by atomic mass is 10.1. The zero-order valence-electron chi connectivity index (χ0n) is 13.1. The van der Waals surface area contributed by atoms with Crippen LogP contribution in [0.15, 0.2) is 48.5 Å². The Morgan fingerprint density at radius 3 is 2.78 bits per heavy atom. The fraction of sp³-hybridized carbons (Fsp3) is 0.333. The van der Waals surface area contributed by atoms with E-state index >= 15 is 0 Å². The van der Waals surface area contributed by atoms with Gasteiger partial charge in [0.2, 0.25) is 5.88 Å². The predicted molar refractivity (Wildman–Crippen MR) is 86.0 cm³/mol. The molecule has 1 saturated heterocycles. The molecule has 5 heteroatoms. The summed E-state index contributed by atoms with van der Waals surface area (Å²) in [5.74, 6) is 0.299. The van der Waals surface area contributed by atoms with Crippen LogP contribution in [0.5, 0.6) is 5.88 Å². The first-order valence-electron chi connectivity index (χ1n) is 7.75. The van der Waals surface area contributed by atoms with E-state index in [2.05, 4.69) is 4.98 Å². The van der Waals surface area contributed by atoms with Crippen molar-refractivity contribution in [1.29, 1.82) is 0 Å². The van der Waals surface area contributed by atoms with Gasteiger partial charge < -0.3 is 14.7 Å². The van der Waals surface area contributed by atoms with E-state index in [9.17, 15) is 9.90 Å². The lowest BCUT2D eigenvalue weighted by Crippen LogP contribution is -2.34.